The van der Waals surface area contributed by atoms with Crippen molar-refractivity contribution in [1.82, 2.24) is 20.2 Å². The molecule has 234 valence electrons. The Hall–Kier alpha value is -1.36. The first-order valence-electron chi connectivity index (χ1n) is 11.8. The SMILES string of the molecule is O=c1[nH]c(=O)n([C@H]2CC[C@@H](COP(=O)(O)OP(=O)(O)OP(=O)(O)O)O2)cc1C#CNC(O)NCCCCCOCS. The first-order valence-corrected chi connectivity index (χ1v) is 16.9. The summed E-state index contributed by atoms with van der Waals surface area (Å²) in [6.07, 6.45) is 0.870. The standard InChI is InChI=1S/C18H31N4O15P3S/c23-16-13(6-8-20-17(24)19-7-2-1-3-9-33-12-41)10-22(18(25)21-16)15-5-4-14(35-15)11-34-39(29,30)37-40(31,32)36-38(26,27)28/h10,14-15,17,19-20,24,41H,1-5,7,9,11-12H2,(H,29,30)(H,31,32)(H,21,23,25)(H2,26,27,28)/t14-,15+,17?/m0/s1. The zero-order valence-corrected chi connectivity index (χ0v) is 24.8. The van der Waals surface area contributed by atoms with Gasteiger partial charge in [-0.2, -0.15) is 21.3 Å². The highest BCUT2D eigenvalue weighted by Gasteiger charge is 2.41. The number of phosphoric acid groups is 3. The van der Waals surface area contributed by atoms with Gasteiger partial charge in [0.05, 0.1) is 18.6 Å². The van der Waals surface area contributed by atoms with E-state index in [2.05, 4.69) is 53.4 Å². The molecule has 0 bridgehead atoms. The first kappa shape index (κ1) is 35.8. The van der Waals surface area contributed by atoms with Gasteiger partial charge in [-0.3, -0.25) is 24.2 Å². The Morgan fingerprint density at radius 2 is 1.85 bits per heavy atom. The highest BCUT2D eigenvalue weighted by Crippen LogP contribution is 2.66. The second kappa shape index (κ2) is 16.5. The lowest BCUT2D eigenvalue weighted by molar-refractivity contribution is -0.0243. The van der Waals surface area contributed by atoms with Crippen molar-refractivity contribution in [2.45, 2.75) is 50.8 Å². The van der Waals surface area contributed by atoms with E-state index in [0.717, 1.165) is 30.0 Å². The summed E-state index contributed by atoms with van der Waals surface area (Å²) in [7, 11) is -16.5. The van der Waals surface area contributed by atoms with Crippen LogP contribution in [0.4, 0.5) is 0 Å². The maximum Gasteiger partial charge on any atom is 0.490 e. The van der Waals surface area contributed by atoms with Crippen molar-refractivity contribution in [1.29, 1.82) is 0 Å². The van der Waals surface area contributed by atoms with Crippen LogP contribution in [0.25, 0.3) is 0 Å². The fourth-order valence-corrected chi connectivity index (χ4v) is 6.49. The summed E-state index contributed by atoms with van der Waals surface area (Å²) in [5.74, 6) is 2.84. The number of thiol groups is 1. The smallest absolute Gasteiger partial charge is 0.371 e. The molecule has 1 aromatic heterocycles. The maximum atomic E-state index is 12.3. The number of ether oxygens (including phenoxy) is 2. The number of phosphoric ester groups is 1. The molecule has 0 aliphatic carbocycles. The number of unbranched alkanes of at least 4 members (excludes halogenated alkanes) is 2. The summed E-state index contributed by atoms with van der Waals surface area (Å²) in [4.78, 5) is 62.4. The molecule has 8 N–H and O–H groups in total. The Balaban J connectivity index is 1.90. The minimum atomic E-state index is -5.67. The molecule has 1 aliphatic rings. The second-order valence-electron chi connectivity index (χ2n) is 8.24. The third-order valence-electron chi connectivity index (χ3n) is 5.00. The van der Waals surface area contributed by atoms with Gasteiger partial charge in [0.1, 0.15) is 11.8 Å². The van der Waals surface area contributed by atoms with Gasteiger partial charge >= 0.3 is 29.2 Å². The fraction of sp³-hybridized carbons (Fsp3) is 0.667. The van der Waals surface area contributed by atoms with Crippen LogP contribution in [0.1, 0.15) is 43.9 Å². The topological polar surface area (TPSA) is 277 Å². The van der Waals surface area contributed by atoms with E-state index in [4.69, 9.17) is 19.3 Å². The van der Waals surface area contributed by atoms with Gasteiger partial charge in [0.2, 0.25) is 0 Å². The fourth-order valence-electron chi connectivity index (χ4n) is 3.31. The Morgan fingerprint density at radius 1 is 1.12 bits per heavy atom. The maximum absolute atomic E-state index is 12.3. The molecule has 3 unspecified atom stereocenters. The number of rotatable bonds is 17. The molecule has 19 nitrogen and oxygen atoms in total. The molecule has 0 aromatic carbocycles. The summed E-state index contributed by atoms with van der Waals surface area (Å²) < 4.78 is 57.5. The average molecular weight is 668 g/mol. The molecular weight excluding hydrogens is 637 g/mol. The van der Waals surface area contributed by atoms with Crippen LogP contribution >= 0.6 is 36.1 Å². The van der Waals surface area contributed by atoms with E-state index in [-0.39, 0.29) is 18.4 Å². The quantitative estimate of drug-likeness (QED) is 0.0250. The number of aliphatic hydroxyl groups excluding tert-OH is 1. The van der Waals surface area contributed by atoms with Gasteiger partial charge in [0, 0.05) is 18.8 Å². The monoisotopic (exact) mass is 668 g/mol. The molecule has 1 fully saturated rings. The van der Waals surface area contributed by atoms with Crippen molar-refractivity contribution < 1.29 is 61.0 Å². The van der Waals surface area contributed by atoms with Crippen molar-refractivity contribution in [2.75, 3.05) is 25.7 Å². The van der Waals surface area contributed by atoms with E-state index < -0.39 is 60.0 Å². The number of hydrogen-bond donors (Lipinski definition) is 9. The number of nitrogens with one attached hydrogen (secondary N) is 3. The molecule has 0 amide bonds. The number of aromatic amines is 1. The van der Waals surface area contributed by atoms with Gasteiger partial charge < -0.3 is 39.5 Å². The van der Waals surface area contributed by atoms with Crippen LogP contribution in [0.5, 0.6) is 0 Å². The van der Waals surface area contributed by atoms with Crippen LogP contribution < -0.4 is 21.9 Å². The van der Waals surface area contributed by atoms with Crippen molar-refractivity contribution in [3.05, 3.63) is 32.6 Å². The molecule has 1 aliphatic heterocycles. The van der Waals surface area contributed by atoms with E-state index in [0.29, 0.717) is 19.1 Å². The Morgan fingerprint density at radius 3 is 2.54 bits per heavy atom. The zero-order chi connectivity index (χ0) is 30.7. The molecule has 41 heavy (non-hydrogen) atoms. The van der Waals surface area contributed by atoms with Crippen molar-refractivity contribution in [2.24, 2.45) is 0 Å². The highest BCUT2D eigenvalue weighted by molar-refractivity contribution is 7.80. The van der Waals surface area contributed by atoms with Crippen molar-refractivity contribution >= 4 is 36.1 Å². The van der Waals surface area contributed by atoms with Crippen molar-refractivity contribution in [3.8, 4) is 12.0 Å². The highest BCUT2D eigenvalue weighted by atomic mass is 32.1. The summed E-state index contributed by atoms with van der Waals surface area (Å²) in [5, 5.41) is 15.1. The van der Waals surface area contributed by atoms with Gasteiger partial charge in [-0.1, -0.05) is 0 Å². The molecule has 2 heterocycles. The van der Waals surface area contributed by atoms with E-state index in [1.807, 2.05) is 0 Å². The van der Waals surface area contributed by atoms with Gasteiger partial charge in [0.25, 0.3) is 5.56 Å². The predicted octanol–water partition coefficient (Wildman–Crippen LogP) is -0.604. The molecule has 1 saturated heterocycles. The normalized spacial score (nSPS) is 20.9. The minimum absolute atomic E-state index is 0.145. The Bertz CT molecular complexity index is 1320. The molecule has 1 aromatic rings. The van der Waals surface area contributed by atoms with Crippen LogP contribution in [0.3, 0.4) is 0 Å². The second-order valence-corrected chi connectivity index (χ2v) is 12.9. The third-order valence-corrected chi connectivity index (χ3v) is 8.99. The van der Waals surface area contributed by atoms with Gasteiger partial charge in [0.15, 0.2) is 6.35 Å². The van der Waals surface area contributed by atoms with Crippen molar-refractivity contribution in [3.63, 3.8) is 0 Å². The number of aliphatic hydroxyl groups is 1. The van der Waals surface area contributed by atoms with Crippen LogP contribution in [-0.4, -0.2) is 72.4 Å². The largest absolute Gasteiger partial charge is 0.490 e. The minimum Gasteiger partial charge on any atom is -0.371 e. The molecular formula is C18H31N4O15P3S. The van der Waals surface area contributed by atoms with Crippen LogP contribution in [0.2, 0.25) is 0 Å². The molecule has 0 spiro atoms. The summed E-state index contributed by atoms with van der Waals surface area (Å²) in [5.41, 5.74) is -1.78. The lowest BCUT2D eigenvalue weighted by atomic mass is 10.2. The zero-order valence-electron chi connectivity index (χ0n) is 21.2. The van der Waals surface area contributed by atoms with Crippen LogP contribution in [0.15, 0.2) is 15.8 Å². The number of hydrogen-bond acceptors (Lipinski definition) is 14. The molecule has 23 heteroatoms. The third kappa shape index (κ3) is 14.1. The van der Waals surface area contributed by atoms with E-state index >= 15 is 0 Å². The lowest BCUT2D eigenvalue weighted by Crippen LogP contribution is -2.40. The summed E-state index contributed by atoms with van der Waals surface area (Å²) in [6, 6.07) is 2.41. The summed E-state index contributed by atoms with van der Waals surface area (Å²) >= 11 is 3.94. The first-order chi connectivity index (χ1) is 19.1. The lowest BCUT2D eigenvalue weighted by Gasteiger charge is -2.19. The molecule has 5 atom stereocenters. The number of aromatic nitrogens is 2. The van der Waals surface area contributed by atoms with Crippen LogP contribution in [-0.2, 0) is 36.3 Å². The Labute approximate surface area is 238 Å². The summed E-state index contributed by atoms with van der Waals surface area (Å²) in [6.45, 7) is 0.398. The van der Waals surface area contributed by atoms with Crippen LogP contribution in [0, 0.1) is 12.0 Å². The molecule has 0 saturated carbocycles. The van der Waals surface area contributed by atoms with Gasteiger partial charge in [-0.15, -0.1) is 0 Å². The number of H-pyrrole nitrogens is 1. The van der Waals surface area contributed by atoms with Gasteiger partial charge in [-0.05, 0) is 44.6 Å². The van der Waals surface area contributed by atoms with E-state index in [9.17, 15) is 38.2 Å². The molecule has 2 rings (SSSR count). The van der Waals surface area contributed by atoms with E-state index in [1.165, 1.54) is 0 Å². The van der Waals surface area contributed by atoms with Gasteiger partial charge in [-0.25, -0.2) is 18.5 Å². The molecule has 0 radical (unpaired) electrons. The van der Waals surface area contributed by atoms with E-state index in [1.54, 1.807) is 0 Å². The Kier molecular flexibility index (Phi) is 14.4. The predicted molar refractivity (Wildman–Crippen MR) is 142 cm³/mol. The average Bonchev–Trinajstić information content (AvgIpc) is 3.30. The number of nitrogens with zero attached hydrogens (tertiary/aromatic N) is 1.